The zero-order valence-electron chi connectivity index (χ0n) is 10.8. The van der Waals surface area contributed by atoms with Gasteiger partial charge in [-0.25, -0.2) is 0 Å². The molecule has 3 nitrogen and oxygen atoms in total. The largest absolute Gasteiger partial charge is 0.497 e. The first-order chi connectivity index (χ1) is 9.78. The van der Waals surface area contributed by atoms with E-state index in [0.29, 0.717) is 15.9 Å². The summed E-state index contributed by atoms with van der Waals surface area (Å²) in [5.41, 5.74) is 0.601. The lowest BCUT2D eigenvalue weighted by Crippen LogP contribution is -2.03. The van der Waals surface area contributed by atoms with Gasteiger partial charge in [0.2, 0.25) is 5.43 Å². The summed E-state index contributed by atoms with van der Waals surface area (Å²) in [5.74, 6) is 0.792. The number of rotatable bonds is 3. The molecule has 0 amide bonds. The van der Waals surface area contributed by atoms with Crippen molar-refractivity contribution in [2.45, 2.75) is 9.79 Å². The highest BCUT2D eigenvalue weighted by molar-refractivity contribution is 7.99. The van der Waals surface area contributed by atoms with Crippen LogP contribution in [0, 0.1) is 0 Å². The molecule has 0 saturated carbocycles. The Morgan fingerprint density at radius 3 is 2.55 bits per heavy atom. The van der Waals surface area contributed by atoms with Gasteiger partial charge in [0.05, 0.1) is 17.4 Å². The molecule has 0 bridgehead atoms. The fraction of sp³-hybridized carbons (Fsp3) is 0.0625. The maximum Gasteiger partial charge on any atom is 0.206 e. The zero-order chi connectivity index (χ0) is 13.9. The SMILES string of the molecule is COc1ccc(Sc2coc3ccccc3c2=O)cc1. The van der Waals surface area contributed by atoms with Gasteiger partial charge in [0.15, 0.2) is 0 Å². The van der Waals surface area contributed by atoms with E-state index >= 15 is 0 Å². The normalized spacial score (nSPS) is 10.7. The van der Waals surface area contributed by atoms with Crippen LogP contribution in [0.3, 0.4) is 0 Å². The summed E-state index contributed by atoms with van der Waals surface area (Å²) < 4.78 is 10.6. The number of methoxy groups -OCH3 is 1. The van der Waals surface area contributed by atoms with Crippen LogP contribution in [0.15, 0.2) is 73.8 Å². The lowest BCUT2D eigenvalue weighted by Gasteiger charge is -2.03. The van der Waals surface area contributed by atoms with Gasteiger partial charge in [0.25, 0.3) is 0 Å². The number of fused-ring (bicyclic) bond motifs is 1. The van der Waals surface area contributed by atoms with Gasteiger partial charge in [-0.3, -0.25) is 4.79 Å². The van der Waals surface area contributed by atoms with Crippen molar-refractivity contribution >= 4 is 22.7 Å². The van der Waals surface area contributed by atoms with Gasteiger partial charge in [0, 0.05) is 4.90 Å². The summed E-state index contributed by atoms with van der Waals surface area (Å²) in [4.78, 5) is 13.9. The molecule has 20 heavy (non-hydrogen) atoms. The molecule has 0 unspecified atom stereocenters. The van der Waals surface area contributed by atoms with Crippen molar-refractivity contribution < 1.29 is 9.15 Å². The van der Waals surface area contributed by atoms with Crippen molar-refractivity contribution in [1.29, 1.82) is 0 Å². The Hall–Kier alpha value is -2.20. The summed E-state index contributed by atoms with van der Waals surface area (Å²) in [5, 5.41) is 0.603. The van der Waals surface area contributed by atoms with E-state index in [4.69, 9.17) is 9.15 Å². The van der Waals surface area contributed by atoms with Crippen LogP contribution >= 0.6 is 11.8 Å². The minimum atomic E-state index is -0.00679. The van der Waals surface area contributed by atoms with Crippen molar-refractivity contribution in [3.05, 3.63) is 65.0 Å². The molecule has 0 aliphatic rings. The Labute approximate surface area is 120 Å². The van der Waals surface area contributed by atoms with Gasteiger partial charge in [-0.15, -0.1) is 0 Å². The molecular weight excluding hydrogens is 272 g/mol. The maximum atomic E-state index is 12.4. The fourth-order valence-electron chi connectivity index (χ4n) is 1.90. The highest BCUT2D eigenvalue weighted by Gasteiger charge is 2.08. The maximum absolute atomic E-state index is 12.4. The predicted molar refractivity (Wildman–Crippen MR) is 79.6 cm³/mol. The molecule has 0 spiro atoms. The number of benzene rings is 2. The van der Waals surface area contributed by atoms with Crippen LogP contribution in [-0.2, 0) is 0 Å². The molecule has 1 aromatic heterocycles. The predicted octanol–water partition coefficient (Wildman–Crippen LogP) is 3.95. The number of para-hydroxylation sites is 1. The van der Waals surface area contributed by atoms with Crippen molar-refractivity contribution in [3.8, 4) is 5.75 Å². The Morgan fingerprint density at radius 1 is 1.05 bits per heavy atom. The van der Waals surface area contributed by atoms with E-state index < -0.39 is 0 Å². The number of hydrogen-bond acceptors (Lipinski definition) is 4. The number of ether oxygens (including phenoxy) is 1. The summed E-state index contributed by atoms with van der Waals surface area (Å²) >= 11 is 1.39. The van der Waals surface area contributed by atoms with E-state index in [1.54, 1.807) is 19.2 Å². The third kappa shape index (κ3) is 2.42. The Morgan fingerprint density at radius 2 is 1.80 bits per heavy atom. The lowest BCUT2D eigenvalue weighted by atomic mass is 10.2. The topological polar surface area (TPSA) is 39.4 Å². The molecule has 2 aromatic carbocycles. The molecule has 0 saturated heterocycles. The van der Waals surface area contributed by atoms with Gasteiger partial charge in [0.1, 0.15) is 17.6 Å². The summed E-state index contributed by atoms with van der Waals surface area (Å²) in [6.45, 7) is 0. The van der Waals surface area contributed by atoms with Crippen molar-refractivity contribution in [1.82, 2.24) is 0 Å². The molecule has 0 radical (unpaired) electrons. The third-order valence-electron chi connectivity index (χ3n) is 2.94. The monoisotopic (exact) mass is 284 g/mol. The second-order valence-corrected chi connectivity index (χ2v) is 5.32. The fourth-order valence-corrected chi connectivity index (χ4v) is 2.73. The summed E-state index contributed by atoms with van der Waals surface area (Å²) in [6, 6.07) is 14.8. The first kappa shape index (κ1) is 12.8. The Balaban J connectivity index is 1.98. The second kappa shape index (κ2) is 5.43. The molecule has 100 valence electrons. The van der Waals surface area contributed by atoms with Crippen LogP contribution in [0.2, 0.25) is 0 Å². The Kier molecular flexibility index (Phi) is 3.48. The quantitative estimate of drug-likeness (QED) is 0.730. The van der Waals surface area contributed by atoms with Crippen LogP contribution in [-0.4, -0.2) is 7.11 Å². The van der Waals surface area contributed by atoms with E-state index in [2.05, 4.69) is 0 Å². The second-order valence-electron chi connectivity index (χ2n) is 4.20. The average molecular weight is 284 g/mol. The standard InChI is InChI=1S/C16H12O3S/c1-18-11-6-8-12(9-7-11)20-15-10-19-14-5-3-2-4-13(14)16(15)17/h2-10H,1H3. The number of hydrogen-bond donors (Lipinski definition) is 0. The van der Waals surface area contributed by atoms with E-state index in [1.807, 2.05) is 36.4 Å². The van der Waals surface area contributed by atoms with Crippen LogP contribution in [0.25, 0.3) is 11.0 Å². The molecule has 0 N–H and O–H groups in total. The molecule has 4 heteroatoms. The first-order valence-corrected chi connectivity index (χ1v) is 6.92. The highest BCUT2D eigenvalue weighted by atomic mass is 32.2. The molecule has 0 atom stereocenters. The smallest absolute Gasteiger partial charge is 0.206 e. The van der Waals surface area contributed by atoms with E-state index in [9.17, 15) is 4.79 Å². The van der Waals surface area contributed by atoms with Crippen LogP contribution < -0.4 is 10.2 Å². The van der Waals surface area contributed by atoms with Crippen molar-refractivity contribution in [2.24, 2.45) is 0 Å². The van der Waals surface area contributed by atoms with E-state index in [1.165, 1.54) is 18.0 Å². The van der Waals surface area contributed by atoms with Crippen molar-refractivity contribution in [3.63, 3.8) is 0 Å². The Bertz CT molecular complexity index is 791. The molecular formula is C16H12O3S. The van der Waals surface area contributed by atoms with Gasteiger partial charge >= 0.3 is 0 Å². The molecule has 0 aliphatic heterocycles. The molecule has 3 rings (SSSR count). The van der Waals surface area contributed by atoms with Crippen LogP contribution in [0.1, 0.15) is 0 Å². The third-order valence-corrected chi connectivity index (χ3v) is 3.95. The van der Waals surface area contributed by atoms with E-state index in [0.717, 1.165) is 10.6 Å². The van der Waals surface area contributed by atoms with Gasteiger partial charge in [-0.2, -0.15) is 0 Å². The highest BCUT2D eigenvalue weighted by Crippen LogP contribution is 2.28. The lowest BCUT2D eigenvalue weighted by molar-refractivity contribution is 0.414. The van der Waals surface area contributed by atoms with Gasteiger partial charge in [-0.1, -0.05) is 23.9 Å². The molecule has 0 fully saturated rings. The summed E-state index contributed by atoms with van der Waals surface area (Å²) in [6.07, 6.45) is 1.51. The van der Waals surface area contributed by atoms with Crippen LogP contribution in [0.5, 0.6) is 5.75 Å². The average Bonchev–Trinajstić information content (AvgIpc) is 2.51. The van der Waals surface area contributed by atoms with E-state index in [-0.39, 0.29) is 5.43 Å². The van der Waals surface area contributed by atoms with Crippen LogP contribution in [0.4, 0.5) is 0 Å². The first-order valence-electron chi connectivity index (χ1n) is 6.10. The molecule has 3 aromatic rings. The minimum absolute atomic E-state index is 0.00679. The molecule has 1 heterocycles. The van der Waals surface area contributed by atoms with Gasteiger partial charge < -0.3 is 9.15 Å². The van der Waals surface area contributed by atoms with Crippen molar-refractivity contribution in [2.75, 3.05) is 7.11 Å². The minimum Gasteiger partial charge on any atom is -0.497 e. The van der Waals surface area contributed by atoms with Gasteiger partial charge in [-0.05, 0) is 36.4 Å². The summed E-state index contributed by atoms with van der Waals surface area (Å²) in [7, 11) is 1.63. The molecule has 0 aliphatic carbocycles. The zero-order valence-corrected chi connectivity index (χ0v) is 11.6.